The van der Waals surface area contributed by atoms with Crippen LogP contribution in [0.3, 0.4) is 0 Å². The van der Waals surface area contributed by atoms with Gasteiger partial charge in [0.05, 0.1) is 0 Å². The number of hydrogen-bond acceptors (Lipinski definition) is 3. The molecule has 1 N–H and O–H groups in total. The Bertz CT molecular complexity index is 272. The highest BCUT2D eigenvalue weighted by Gasteiger charge is 2.29. The van der Waals surface area contributed by atoms with Crippen LogP contribution in [-0.4, -0.2) is 38.2 Å². The van der Waals surface area contributed by atoms with Crippen LogP contribution in [0.5, 0.6) is 0 Å². The van der Waals surface area contributed by atoms with Gasteiger partial charge in [-0.15, -0.1) is 0 Å². The number of nitrogens with one attached hydrogen (secondary N) is 1. The highest BCUT2D eigenvalue weighted by atomic mass is 32.2. The minimum absolute atomic E-state index is 0.125. The number of hydrogen-bond donors (Lipinski definition) is 1. The quantitative estimate of drug-likeness (QED) is 0.687. The van der Waals surface area contributed by atoms with E-state index in [0.717, 1.165) is 13.1 Å². The Morgan fingerprint density at radius 1 is 1.38 bits per heavy atom. The van der Waals surface area contributed by atoms with Crippen LogP contribution in [0.15, 0.2) is 0 Å². The molecule has 1 saturated heterocycles. The molecule has 1 saturated carbocycles. The van der Waals surface area contributed by atoms with Crippen LogP contribution in [0.4, 0.5) is 0 Å². The van der Waals surface area contributed by atoms with E-state index in [1.165, 1.54) is 19.3 Å². The van der Waals surface area contributed by atoms with Crippen molar-refractivity contribution in [1.29, 1.82) is 0 Å². The Morgan fingerprint density at radius 3 is 2.69 bits per heavy atom. The highest BCUT2D eigenvalue weighted by Crippen LogP contribution is 2.28. The van der Waals surface area contributed by atoms with Gasteiger partial charge in [-0.1, -0.05) is 6.42 Å². The molecule has 0 spiro atoms. The summed E-state index contributed by atoms with van der Waals surface area (Å²) in [5, 5.41) is 2.88. The Balaban J connectivity index is 1.95. The fourth-order valence-electron chi connectivity index (χ4n) is 1.80. The second-order valence-corrected chi connectivity index (χ2v) is 5.88. The summed E-state index contributed by atoms with van der Waals surface area (Å²) >= 11 is 0. The topological polar surface area (TPSA) is 49.4 Å². The zero-order valence-electron chi connectivity index (χ0n) is 7.70. The van der Waals surface area contributed by atoms with Gasteiger partial charge < -0.3 is 5.32 Å². The van der Waals surface area contributed by atoms with Crippen molar-refractivity contribution in [3.8, 4) is 0 Å². The summed E-state index contributed by atoms with van der Waals surface area (Å²) in [4.78, 5) is 0. The molecule has 0 bridgehead atoms. The second kappa shape index (κ2) is 3.55. The molecule has 13 heavy (non-hydrogen) atoms. The summed E-state index contributed by atoms with van der Waals surface area (Å²) in [6.07, 6.45) is 3.69. The normalized spacial score (nSPS) is 29.8. The SMILES string of the molecule is O=S1(=O)CNCCN1CC1CCC1. The third-order valence-corrected chi connectivity index (χ3v) is 4.59. The van der Waals surface area contributed by atoms with E-state index in [4.69, 9.17) is 0 Å². The Labute approximate surface area is 79.4 Å². The van der Waals surface area contributed by atoms with Gasteiger partial charge in [0.1, 0.15) is 5.88 Å². The first-order valence-electron chi connectivity index (χ1n) is 4.87. The molecule has 2 fully saturated rings. The maximum atomic E-state index is 11.5. The van der Waals surface area contributed by atoms with Crippen LogP contribution in [-0.2, 0) is 10.0 Å². The van der Waals surface area contributed by atoms with Crippen molar-refractivity contribution in [2.75, 3.05) is 25.5 Å². The Morgan fingerprint density at radius 2 is 2.15 bits per heavy atom. The smallest absolute Gasteiger partial charge is 0.227 e. The van der Waals surface area contributed by atoms with Crippen molar-refractivity contribution in [2.24, 2.45) is 5.92 Å². The summed E-state index contributed by atoms with van der Waals surface area (Å²) in [5.41, 5.74) is 0. The summed E-state index contributed by atoms with van der Waals surface area (Å²) in [6.45, 7) is 2.20. The summed E-state index contributed by atoms with van der Waals surface area (Å²) in [6, 6.07) is 0. The van der Waals surface area contributed by atoms with Gasteiger partial charge in [0.25, 0.3) is 0 Å². The molecule has 76 valence electrons. The predicted molar refractivity (Wildman–Crippen MR) is 50.7 cm³/mol. The van der Waals surface area contributed by atoms with Crippen molar-refractivity contribution in [2.45, 2.75) is 19.3 Å². The van der Waals surface area contributed by atoms with Gasteiger partial charge in [0.2, 0.25) is 10.0 Å². The number of rotatable bonds is 2. The number of sulfonamides is 1. The zero-order valence-corrected chi connectivity index (χ0v) is 8.52. The largest absolute Gasteiger partial charge is 0.301 e. The van der Waals surface area contributed by atoms with Gasteiger partial charge >= 0.3 is 0 Å². The van der Waals surface area contributed by atoms with E-state index in [1.807, 2.05) is 0 Å². The molecule has 0 aromatic heterocycles. The summed E-state index contributed by atoms with van der Waals surface area (Å²) in [7, 11) is -2.97. The minimum atomic E-state index is -2.97. The number of nitrogens with zero attached hydrogens (tertiary/aromatic N) is 1. The maximum absolute atomic E-state index is 11.5. The van der Waals surface area contributed by atoms with E-state index in [-0.39, 0.29) is 5.88 Å². The van der Waals surface area contributed by atoms with Gasteiger partial charge in [0, 0.05) is 19.6 Å². The van der Waals surface area contributed by atoms with E-state index in [0.29, 0.717) is 12.5 Å². The average molecular weight is 204 g/mol. The molecule has 0 aromatic carbocycles. The van der Waals surface area contributed by atoms with Crippen LogP contribution in [0.2, 0.25) is 0 Å². The second-order valence-electron chi connectivity index (χ2n) is 3.91. The Hall–Kier alpha value is -0.130. The fraction of sp³-hybridized carbons (Fsp3) is 1.00. The summed E-state index contributed by atoms with van der Waals surface area (Å²) < 4.78 is 24.7. The van der Waals surface area contributed by atoms with Gasteiger partial charge in [-0.3, -0.25) is 0 Å². The van der Waals surface area contributed by atoms with Crippen LogP contribution in [0.1, 0.15) is 19.3 Å². The molecule has 5 heteroatoms. The molecule has 1 heterocycles. The van der Waals surface area contributed by atoms with Crippen LogP contribution in [0.25, 0.3) is 0 Å². The minimum Gasteiger partial charge on any atom is -0.301 e. The van der Waals surface area contributed by atoms with Crippen LogP contribution < -0.4 is 5.32 Å². The first kappa shape index (κ1) is 9.43. The van der Waals surface area contributed by atoms with E-state index >= 15 is 0 Å². The third-order valence-electron chi connectivity index (χ3n) is 2.90. The van der Waals surface area contributed by atoms with E-state index < -0.39 is 10.0 Å². The van der Waals surface area contributed by atoms with Gasteiger partial charge in [-0.25, -0.2) is 8.42 Å². The lowest BCUT2D eigenvalue weighted by Gasteiger charge is -2.33. The fourth-order valence-corrected chi connectivity index (χ4v) is 3.20. The van der Waals surface area contributed by atoms with E-state index in [1.54, 1.807) is 4.31 Å². The molecular weight excluding hydrogens is 188 g/mol. The predicted octanol–water partition coefficient (Wildman–Crippen LogP) is -0.0210. The molecular formula is C8H16N2O2S. The standard InChI is InChI=1S/C8H16N2O2S/c11-13(12)7-9-4-5-10(13)6-8-2-1-3-8/h8-9H,1-7H2. The van der Waals surface area contributed by atoms with Crippen molar-refractivity contribution in [3.05, 3.63) is 0 Å². The molecule has 1 aliphatic heterocycles. The first-order valence-corrected chi connectivity index (χ1v) is 6.48. The maximum Gasteiger partial charge on any atom is 0.227 e. The van der Waals surface area contributed by atoms with E-state index in [9.17, 15) is 8.42 Å². The average Bonchev–Trinajstić information content (AvgIpc) is 1.98. The molecule has 0 radical (unpaired) electrons. The van der Waals surface area contributed by atoms with Crippen molar-refractivity contribution in [3.63, 3.8) is 0 Å². The first-order chi connectivity index (χ1) is 6.18. The highest BCUT2D eigenvalue weighted by molar-refractivity contribution is 7.89. The lowest BCUT2D eigenvalue weighted by atomic mass is 9.85. The lowest BCUT2D eigenvalue weighted by molar-refractivity contribution is 0.240. The zero-order chi connectivity index (χ0) is 9.31. The van der Waals surface area contributed by atoms with Gasteiger partial charge in [0.15, 0.2) is 0 Å². The van der Waals surface area contributed by atoms with Gasteiger partial charge in [-0.2, -0.15) is 4.31 Å². The molecule has 0 amide bonds. The lowest BCUT2D eigenvalue weighted by Crippen LogP contribution is -2.49. The van der Waals surface area contributed by atoms with Crippen LogP contribution in [0, 0.1) is 5.92 Å². The molecule has 1 aliphatic carbocycles. The molecule has 0 unspecified atom stereocenters. The Kier molecular flexibility index (Phi) is 2.58. The van der Waals surface area contributed by atoms with Crippen molar-refractivity contribution in [1.82, 2.24) is 9.62 Å². The molecule has 4 nitrogen and oxygen atoms in total. The van der Waals surface area contributed by atoms with E-state index in [2.05, 4.69) is 5.32 Å². The molecule has 0 aromatic rings. The van der Waals surface area contributed by atoms with Crippen LogP contribution >= 0.6 is 0 Å². The monoisotopic (exact) mass is 204 g/mol. The molecule has 2 aliphatic rings. The molecule has 2 rings (SSSR count). The summed E-state index contributed by atoms with van der Waals surface area (Å²) in [5.74, 6) is 0.757. The molecule has 0 atom stereocenters. The van der Waals surface area contributed by atoms with Crippen molar-refractivity contribution < 1.29 is 8.42 Å². The van der Waals surface area contributed by atoms with Crippen molar-refractivity contribution >= 4 is 10.0 Å². The third kappa shape index (κ3) is 2.03. The van der Waals surface area contributed by atoms with Gasteiger partial charge in [-0.05, 0) is 18.8 Å².